The molecule has 2 aromatic heterocycles. The lowest BCUT2D eigenvalue weighted by molar-refractivity contribution is 0.601. The predicted molar refractivity (Wildman–Crippen MR) is 68.9 cm³/mol. The van der Waals surface area contributed by atoms with E-state index < -0.39 is 0 Å². The van der Waals surface area contributed by atoms with Gasteiger partial charge in [-0.2, -0.15) is 5.10 Å². The van der Waals surface area contributed by atoms with E-state index in [1.165, 1.54) is 5.56 Å². The fraction of sp³-hybridized carbons (Fsp3) is 0.583. The molecule has 0 unspecified atom stereocenters. The average molecular weight is 248 g/mol. The van der Waals surface area contributed by atoms with Crippen molar-refractivity contribution in [2.75, 3.05) is 6.54 Å². The maximum absolute atomic E-state index is 4.30. The Hall–Kier alpha value is -1.69. The molecule has 6 heteroatoms. The van der Waals surface area contributed by atoms with Gasteiger partial charge in [-0.1, -0.05) is 6.92 Å². The topological polar surface area (TPSA) is 60.6 Å². The van der Waals surface area contributed by atoms with Crippen molar-refractivity contribution in [2.24, 2.45) is 7.05 Å². The smallest absolute Gasteiger partial charge is 0.133 e. The minimum Gasteiger partial charge on any atom is -0.321 e. The van der Waals surface area contributed by atoms with Gasteiger partial charge in [-0.3, -0.25) is 4.68 Å². The molecular weight excluding hydrogens is 228 g/mol. The highest BCUT2D eigenvalue weighted by Crippen LogP contribution is 1.98. The van der Waals surface area contributed by atoms with Crippen LogP contribution in [0.3, 0.4) is 0 Å². The Labute approximate surface area is 107 Å². The van der Waals surface area contributed by atoms with E-state index >= 15 is 0 Å². The molecule has 0 saturated carbocycles. The van der Waals surface area contributed by atoms with Gasteiger partial charge in [0.2, 0.25) is 0 Å². The van der Waals surface area contributed by atoms with Crippen LogP contribution in [0.4, 0.5) is 0 Å². The molecular formula is C12H20N6. The highest BCUT2D eigenvalue weighted by molar-refractivity contribution is 5.03. The Morgan fingerprint density at radius 3 is 3.00 bits per heavy atom. The highest BCUT2D eigenvalue weighted by Gasteiger charge is 2.01. The van der Waals surface area contributed by atoms with Gasteiger partial charge in [-0.25, -0.2) is 0 Å². The standard InChI is InChI=1S/C12H20N6/c1-3-6-18-9-11(8-15-18)7-13-5-4-12-16-14-10-17(12)2/h8-10,13H,3-7H2,1-2H3. The SMILES string of the molecule is CCCn1cc(CNCCc2nncn2C)cn1. The Balaban J connectivity index is 1.70. The van der Waals surface area contributed by atoms with Gasteiger partial charge in [0.1, 0.15) is 12.2 Å². The first-order chi connectivity index (χ1) is 8.79. The van der Waals surface area contributed by atoms with Crippen LogP contribution in [0, 0.1) is 0 Å². The first-order valence-electron chi connectivity index (χ1n) is 6.34. The van der Waals surface area contributed by atoms with Crippen molar-refractivity contribution in [3.8, 4) is 0 Å². The van der Waals surface area contributed by atoms with Gasteiger partial charge in [0.15, 0.2) is 0 Å². The third kappa shape index (κ3) is 3.40. The molecule has 0 radical (unpaired) electrons. The lowest BCUT2D eigenvalue weighted by Gasteiger charge is -2.02. The zero-order valence-corrected chi connectivity index (χ0v) is 11.0. The molecule has 0 aromatic carbocycles. The van der Waals surface area contributed by atoms with E-state index in [1.807, 2.05) is 22.5 Å². The van der Waals surface area contributed by atoms with Crippen LogP contribution in [0.2, 0.25) is 0 Å². The molecule has 0 amide bonds. The van der Waals surface area contributed by atoms with Crippen molar-refractivity contribution in [1.29, 1.82) is 0 Å². The normalized spacial score (nSPS) is 11.0. The zero-order valence-electron chi connectivity index (χ0n) is 11.0. The minimum atomic E-state index is 0.849. The van der Waals surface area contributed by atoms with E-state index in [1.54, 1.807) is 6.33 Å². The summed E-state index contributed by atoms with van der Waals surface area (Å²) in [6.45, 7) is 4.88. The molecule has 0 atom stereocenters. The van der Waals surface area contributed by atoms with Crippen molar-refractivity contribution in [1.82, 2.24) is 29.9 Å². The van der Waals surface area contributed by atoms with Crippen molar-refractivity contribution in [3.05, 3.63) is 30.1 Å². The molecule has 2 rings (SSSR count). The van der Waals surface area contributed by atoms with Crippen LogP contribution < -0.4 is 5.32 Å². The summed E-state index contributed by atoms with van der Waals surface area (Å²) in [5.41, 5.74) is 1.22. The first-order valence-corrected chi connectivity index (χ1v) is 6.34. The second-order valence-electron chi connectivity index (χ2n) is 4.40. The molecule has 98 valence electrons. The number of aromatic nitrogens is 5. The third-order valence-electron chi connectivity index (χ3n) is 2.80. The molecule has 0 fully saturated rings. The van der Waals surface area contributed by atoms with Crippen LogP contribution >= 0.6 is 0 Å². The maximum Gasteiger partial charge on any atom is 0.133 e. The number of rotatable bonds is 7. The number of hydrogen-bond donors (Lipinski definition) is 1. The van der Waals surface area contributed by atoms with Gasteiger partial charge >= 0.3 is 0 Å². The van der Waals surface area contributed by atoms with Gasteiger partial charge < -0.3 is 9.88 Å². The summed E-state index contributed by atoms with van der Waals surface area (Å²) in [7, 11) is 1.96. The number of nitrogens with one attached hydrogen (secondary N) is 1. The van der Waals surface area contributed by atoms with Gasteiger partial charge in [0.25, 0.3) is 0 Å². The van der Waals surface area contributed by atoms with Crippen LogP contribution in [0.15, 0.2) is 18.7 Å². The van der Waals surface area contributed by atoms with Gasteiger partial charge in [0, 0.05) is 44.9 Å². The summed E-state index contributed by atoms with van der Waals surface area (Å²) in [4.78, 5) is 0. The first kappa shape index (κ1) is 12.8. The fourth-order valence-corrected chi connectivity index (χ4v) is 1.82. The number of aryl methyl sites for hydroxylation is 2. The molecule has 0 spiro atoms. The summed E-state index contributed by atoms with van der Waals surface area (Å²) >= 11 is 0. The lowest BCUT2D eigenvalue weighted by atomic mass is 10.3. The van der Waals surface area contributed by atoms with E-state index in [0.29, 0.717) is 0 Å². The molecule has 1 N–H and O–H groups in total. The molecule has 0 saturated heterocycles. The minimum absolute atomic E-state index is 0.849. The Morgan fingerprint density at radius 2 is 2.28 bits per heavy atom. The van der Waals surface area contributed by atoms with Crippen molar-refractivity contribution >= 4 is 0 Å². The Kier molecular flexibility index (Phi) is 4.46. The summed E-state index contributed by atoms with van der Waals surface area (Å²) in [6, 6.07) is 0. The molecule has 18 heavy (non-hydrogen) atoms. The van der Waals surface area contributed by atoms with Crippen LogP contribution in [0.5, 0.6) is 0 Å². The maximum atomic E-state index is 4.30. The zero-order chi connectivity index (χ0) is 12.8. The average Bonchev–Trinajstić information content (AvgIpc) is 2.95. The fourth-order valence-electron chi connectivity index (χ4n) is 1.82. The van der Waals surface area contributed by atoms with Crippen LogP contribution in [-0.2, 0) is 26.6 Å². The van der Waals surface area contributed by atoms with Gasteiger partial charge in [-0.15, -0.1) is 10.2 Å². The van der Waals surface area contributed by atoms with Gasteiger partial charge in [-0.05, 0) is 6.42 Å². The second-order valence-corrected chi connectivity index (χ2v) is 4.40. The largest absolute Gasteiger partial charge is 0.321 e. The molecule has 0 aliphatic heterocycles. The predicted octanol–water partition coefficient (Wildman–Crippen LogP) is 0.754. The summed E-state index contributed by atoms with van der Waals surface area (Å²) in [5.74, 6) is 1.00. The monoisotopic (exact) mass is 248 g/mol. The molecule has 0 bridgehead atoms. The van der Waals surface area contributed by atoms with E-state index in [-0.39, 0.29) is 0 Å². The van der Waals surface area contributed by atoms with Crippen molar-refractivity contribution in [3.63, 3.8) is 0 Å². The van der Waals surface area contributed by atoms with E-state index in [2.05, 4.69) is 33.7 Å². The molecule has 6 nitrogen and oxygen atoms in total. The van der Waals surface area contributed by atoms with E-state index in [9.17, 15) is 0 Å². The van der Waals surface area contributed by atoms with Crippen LogP contribution in [0.25, 0.3) is 0 Å². The summed E-state index contributed by atoms with van der Waals surface area (Å²) < 4.78 is 3.93. The number of hydrogen-bond acceptors (Lipinski definition) is 4. The molecule has 0 aliphatic carbocycles. The van der Waals surface area contributed by atoms with Crippen molar-refractivity contribution < 1.29 is 0 Å². The Bertz CT molecular complexity index is 472. The van der Waals surface area contributed by atoms with Crippen LogP contribution in [-0.4, -0.2) is 31.1 Å². The van der Waals surface area contributed by atoms with Gasteiger partial charge in [0.05, 0.1) is 6.20 Å². The highest BCUT2D eigenvalue weighted by atomic mass is 15.3. The molecule has 2 aromatic rings. The van der Waals surface area contributed by atoms with Crippen LogP contribution in [0.1, 0.15) is 24.7 Å². The lowest BCUT2D eigenvalue weighted by Crippen LogP contribution is -2.17. The summed E-state index contributed by atoms with van der Waals surface area (Å²) in [6.07, 6.45) is 7.74. The summed E-state index contributed by atoms with van der Waals surface area (Å²) in [5, 5.41) is 15.6. The third-order valence-corrected chi connectivity index (χ3v) is 2.80. The molecule has 0 aliphatic rings. The number of nitrogens with zero attached hydrogens (tertiary/aromatic N) is 5. The van der Waals surface area contributed by atoms with E-state index in [0.717, 1.165) is 38.3 Å². The molecule has 2 heterocycles. The Morgan fingerprint density at radius 1 is 1.39 bits per heavy atom. The van der Waals surface area contributed by atoms with Crippen molar-refractivity contribution in [2.45, 2.75) is 32.9 Å². The second kappa shape index (κ2) is 6.30. The van der Waals surface area contributed by atoms with E-state index in [4.69, 9.17) is 0 Å². The quantitative estimate of drug-likeness (QED) is 0.735.